The topological polar surface area (TPSA) is 85.8 Å². The van der Waals surface area contributed by atoms with E-state index in [0.29, 0.717) is 11.6 Å². The van der Waals surface area contributed by atoms with Crippen LogP contribution in [-0.2, 0) is 0 Å². The molecule has 0 aliphatic rings. The molecule has 3 rings (SSSR count). The molecule has 0 radical (unpaired) electrons. The molecule has 1 N–H and O–H groups in total. The highest BCUT2D eigenvalue weighted by atomic mass is 16.4. The second-order valence-electron chi connectivity index (χ2n) is 8.45. The predicted molar refractivity (Wildman–Crippen MR) is 137 cm³/mol. The van der Waals surface area contributed by atoms with Crippen molar-refractivity contribution in [1.29, 1.82) is 0 Å². The first-order chi connectivity index (χ1) is 17.1. The Morgan fingerprint density at radius 1 is 0.800 bits per heavy atom. The van der Waals surface area contributed by atoms with E-state index in [0.717, 1.165) is 36.8 Å². The van der Waals surface area contributed by atoms with E-state index < -0.39 is 5.97 Å². The van der Waals surface area contributed by atoms with Gasteiger partial charge in [-0.05, 0) is 25.0 Å². The van der Waals surface area contributed by atoms with Crippen molar-refractivity contribution < 1.29 is 9.90 Å². The molecule has 35 heavy (non-hydrogen) atoms. The molecule has 7 heteroatoms. The maximum atomic E-state index is 11.7. The van der Waals surface area contributed by atoms with Gasteiger partial charge in [0.2, 0.25) is 0 Å². The molecule has 7 nitrogen and oxygen atoms in total. The average molecular weight is 472 g/mol. The molecule has 0 aliphatic carbocycles. The summed E-state index contributed by atoms with van der Waals surface area (Å²) in [5.41, 5.74) is 1.63. The van der Waals surface area contributed by atoms with Crippen molar-refractivity contribution in [3.63, 3.8) is 0 Å². The molecule has 0 spiro atoms. The minimum Gasteiger partial charge on any atom is -0.478 e. The van der Waals surface area contributed by atoms with E-state index in [4.69, 9.17) is 0 Å². The van der Waals surface area contributed by atoms with Gasteiger partial charge < -0.3 is 5.11 Å². The number of unbranched alkanes of at least 4 members (excludes halogenated alkanes) is 8. The summed E-state index contributed by atoms with van der Waals surface area (Å²) in [5.74, 6) is 12.3. The lowest BCUT2D eigenvalue weighted by molar-refractivity contribution is 0.0696. The van der Waals surface area contributed by atoms with Gasteiger partial charge in [0.1, 0.15) is 0 Å². The van der Waals surface area contributed by atoms with Crippen molar-refractivity contribution in [2.45, 2.75) is 78.1 Å². The first-order valence-electron chi connectivity index (χ1n) is 12.4. The van der Waals surface area contributed by atoms with Gasteiger partial charge >= 0.3 is 5.97 Å². The first-order valence-corrected chi connectivity index (χ1v) is 12.4. The van der Waals surface area contributed by atoms with Crippen LogP contribution in [0.1, 0.15) is 99.5 Å². The Bertz CT molecular complexity index is 1150. The molecule has 0 bridgehead atoms. The Labute approximate surface area is 207 Å². The molecule has 0 atom stereocenters. The van der Waals surface area contributed by atoms with Crippen LogP contribution in [0.2, 0.25) is 0 Å². The van der Waals surface area contributed by atoms with Crippen LogP contribution >= 0.6 is 0 Å². The van der Waals surface area contributed by atoms with Crippen LogP contribution in [0.15, 0.2) is 36.9 Å². The number of rotatable bonds is 11. The van der Waals surface area contributed by atoms with Crippen molar-refractivity contribution in [3.8, 4) is 35.3 Å². The smallest absolute Gasteiger partial charge is 0.335 e. The molecule has 3 heterocycles. The van der Waals surface area contributed by atoms with Gasteiger partial charge in [-0.25, -0.2) is 19.1 Å². The molecule has 0 aliphatic heterocycles. The molecule has 0 unspecified atom stereocenters. The number of carboxylic acids is 1. The summed E-state index contributed by atoms with van der Waals surface area (Å²) in [5, 5.41) is 18.3. The summed E-state index contributed by atoms with van der Waals surface area (Å²) in [6.45, 7) is 4.38. The molecule has 0 saturated carbocycles. The van der Waals surface area contributed by atoms with E-state index in [1.807, 2.05) is 0 Å². The molecular weight excluding hydrogens is 438 g/mol. The fourth-order valence-electron chi connectivity index (χ4n) is 3.49. The van der Waals surface area contributed by atoms with Crippen LogP contribution in [0.3, 0.4) is 0 Å². The Morgan fingerprint density at radius 2 is 1.29 bits per heavy atom. The molecule has 3 aromatic heterocycles. The van der Waals surface area contributed by atoms with Crippen molar-refractivity contribution in [3.05, 3.63) is 53.6 Å². The van der Waals surface area contributed by atoms with Crippen molar-refractivity contribution >= 4 is 5.97 Å². The standard InChI is InChI=1S/C28H33N5O2/c1-3-5-7-9-11-13-15-23-19-29-32(21-23)26-17-25(28(34)35)18-27(31-26)33-22-24(20-30-33)16-14-12-10-8-6-4-2/h17-22H,3-12H2,1-2H3,(H,34,35). The molecule has 0 fully saturated rings. The van der Waals surface area contributed by atoms with Crippen LogP contribution < -0.4 is 0 Å². The largest absolute Gasteiger partial charge is 0.478 e. The quantitative estimate of drug-likeness (QED) is 0.282. The fourth-order valence-corrected chi connectivity index (χ4v) is 3.49. The first kappa shape index (κ1) is 25.8. The number of carboxylic acid groups (broad SMARTS) is 1. The summed E-state index contributed by atoms with van der Waals surface area (Å²) in [6.07, 6.45) is 18.0. The molecular formula is C28H33N5O2. The minimum absolute atomic E-state index is 0.100. The highest BCUT2D eigenvalue weighted by Crippen LogP contribution is 2.15. The average Bonchev–Trinajstić information content (AvgIpc) is 3.53. The van der Waals surface area contributed by atoms with Gasteiger partial charge in [0.15, 0.2) is 11.6 Å². The zero-order valence-electron chi connectivity index (χ0n) is 20.6. The lowest BCUT2D eigenvalue weighted by Gasteiger charge is -2.06. The van der Waals surface area contributed by atoms with E-state index >= 15 is 0 Å². The predicted octanol–water partition coefficient (Wildman–Crippen LogP) is 5.80. The molecule has 3 aromatic rings. The number of carbonyl (C=O) groups is 1. The monoisotopic (exact) mass is 471 g/mol. The van der Waals surface area contributed by atoms with E-state index in [-0.39, 0.29) is 5.56 Å². The zero-order chi connectivity index (χ0) is 24.9. The summed E-state index contributed by atoms with van der Waals surface area (Å²) in [6, 6.07) is 2.97. The van der Waals surface area contributed by atoms with Crippen molar-refractivity contribution in [2.75, 3.05) is 0 Å². The lowest BCUT2D eigenvalue weighted by atomic mass is 10.1. The van der Waals surface area contributed by atoms with Crippen LogP contribution in [0.4, 0.5) is 0 Å². The van der Waals surface area contributed by atoms with Crippen LogP contribution in [0.5, 0.6) is 0 Å². The Hall–Kier alpha value is -3.84. The van der Waals surface area contributed by atoms with Gasteiger partial charge in [-0.1, -0.05) is 76.1 Å². The summed E-state index contributed by atoms with van der Waals surface area (Å²) in [4.78, 5) is 16.3. The van der Waals surface area contributed by atoms with Gasteiger partial charge in [-0.2, -0.15) is 10.2 Å². The number of nitrogens with zero attached hydrogens (tertiary/aromatic N) is 5. The normalized spacial score (nSPS) is 10.3. The fraction of sp³-hybridized carbons (Fsp3) is 0.429. The second-order valence-corrected chi connectivity index (χ2v) is 8.45. The Morgan fingerprint density at radius 3 is 1.71 bits per heavy atom. The zero-order valence-corrected chi connectivity index (χ0v) is 20.6. The van der Waals surface area contributed by atoms with Crippen LogP contribution in [0.25, 0.3) is 11.6 Å². The third kappa shape index (κ3) is 8.15. The molecule has 0 aromatic carbocycles. The van der Waals surface area contributed by atoms with Crippen molar-refractivity contribution in [2.24, 2.45) is 0 Å². The van der Waals surface area contributed by atoms with Crippen molar-refractivity contribution in [1.82, 2.24) is 24.5 Å². The molecule has 0 saturated heterocycles. The number of aromatic nitrogens is 5. The van der Waals surface area contributed by atoms with Gasteiger partial charge in [0, 0.05) is 25.2 Å². The molecule has 0 amide bonds. The summed E-state index contributed by atoms with van der Waals surface area (Å²) >= 11 is 0. The number of aromatic carboxylic acids is 1. The summed E-state index contributed by atoms with van der Waals surface area (Å²) in [7, 11) is 0. The second kappa shape index (κ2) is 13.8. The third-order valence-electron chi connectivity index (χ3n) is 5.46. The van der Waals surface area contributed by atoms with Crippen LogP contribution in [-0.4, -0.2) is 35.6 Å². The highest BCUT2D eigenvalue weighted by Gasteiger charge is 2.13. The number of hydrogen-bond donors (Lipinski definition) is 1. The maximum Gasteiger partial charge on any atom is 0.335 e. The third-order valence-corrected chi connectivity index (χ3v) is 5.46. The van der Waals surface area contributed by atoms with Crippen LogP contribution in [0, 0.1) is 23.7 Å². The van der Waals surface area contributed by atoms with Gasteiger partial charge in [-0.15, -0.1) is 0 Å². The molecule has 182 valence electrons. The Kier molecular flexibility index (Phi) is 10.1. The highest BCUT2D eigenvalue weighted by molar-refractivity contribution is 5.88. The SMILES string of the molecule is CCCCCCC#Cc1cnn(-c2cc(C(=O)O)cc(-n3cc(C#CCCCCCC)cn3)n2)c1. The van der Waals surface area contributed by atoms with E-state index in [1.165, 1.54) is 60.0 Å². The number of hydrogen-bond acceptors (Lipinski definition) is 4. The van der Waals surface area contributed by atoms with Gasteiger partial charge in [-0.3, -0.25) is 0 Å². The number of pyridine rings is 1. The van der Waals surface area contributed by atoms with E-state index in [1.54, 1.807) is 24.8 Å². The lowest BCUT2D eigenvalue weighted by Crippen LogP contribution is -2.08. The Balaban J connectivity index is 1.75. The minimum atomic E-state index is -1.05. The van der Waals surface area contributed by atoms with E-state index in [2.05, 4.69) is 52.7 Å². The summed E-state index contributed by atoms with van der Waals surface area (Å²) < 4.78 is 3.08. The van der Waals surface area contributed by atoms with Gasteiger partial charge in [0.05, 0.1) is 29.1 Å². The maximum absolute atomic E-state index is 11.7. The van der Waals surface area contributed by atoms with Gasteiger partial charge in [0.25, 0.3) is 0 Å². The van der Waals surface area contributed by atoms with E-state index in [9.17, 15) is 9.90 Å².